The Morgan fingerprint density at radius 1 is 1.42 bits per heavy atom. The quantitative estimate of drug-likeness (QED) is 0.350. The van der Waals surface area contributed by atoms with Crippen LogP contribution in [0, 0.1) is 11.8 Å². The number of allylic oxidation sites excluding steroid dienone is 2. The Morgan fingerprint density at radius 2 is 2.11 bits per heavy atom. The molecule has 0 amide bonds. The summed E-state index contributed by atoms with van der Waals surface area (Å²) in [5, 5.41) is 9.52. The van der Waals surface area contributed by atoms with Crippen molar-refractivity contribution in [1.82, 2.24) is 0 Å². The number of carbonyl (C=O) groups is 2. The van der Waals surface area contributed by atoms with Crippen LogP contribution in [0.4, 0.5) is 0 Å². The van der Waals surface area contributed by atoms with Crippen molar-refractivity contribution in [3.05, 3.63) is 11.8 Å². The van der Waals surface area contributed by atoms with Crippen molar-refractivity contribution in [3.63, 3.8) is 0 Å². The molecule has 0 fully saturated rings. The van der Waals surface area contributed by atoms with Crippen molar-refractivity contribution in [3.8, 4) is 0 Å². The second-order valence-corrected chi connectivity index (χ2v) is 4.73. The van der Waals surface area contributed by atoms with Crippen molar-refractivity contribution in [1.29, 1.82) is 0 Å². The summed E-state index contributed by atoms with van der Waals surface area (Å²) >= 11 is 0. The SMILES string of the molecule is CCCCCC1CC(O)=CC(=O)C1C(=O)OCC.[NaH]. The van der Waals surface area contributed by atoms with E-state index in [1.807, 2.05) is 0 Å². The molecule has 0 spiro atoms. The average molecular weight is 278 g/mol. The van der Waals surface area contributed by atoms with E-state index in [1.165, 1.54) is 0 Å². The van der Waals surface area contributed by atoms with Gasteiger partial charge in [0.2, 0.25) is 0 Å². The van der Waals surface area contributed by atoms with Gasteiger partial charge in [0.1, 0.15) is 5.92 Å². The van der Waals surface area contributed by atoms with Crippen molar-refractivity contribution < 1.29 is 19.4 Å². The molecule has 0 aromatic heterocycles. The second kappa shape index (κ2) is 9.56. The fourth-order valence-corrected chi connectivity index (χ4v) is 2.40. The average Bonchev–Trinajstić information content (AvgIpc) is 2.28. The molecule has 4 nitrogen and oxygen atoms in total. The van der Waals surface area contributed by atoms with Crippen molar-refractivity contribution >= 4 is 41.3 Å². The fourth-order valence-electron chi connectivity index (χ4n) is 2.40. The van der Waals surface area contributed by atoms with Gasteiger partial charge in [-0.3, -0.25) is 9.59 Å². The molecule has 5 heteroatoms. The van der Waals surface area contributed by atoms with E-state index in [-0.39, 0.29) is 53.6 Å². The van der Waals surface area contributed by atoms with E-state index in [2.05, 4.69) is 6.92 Å². The van der Waals surface area contributed by atoms with E-state index in [1.54, 1.807) is 6.92 Å². The molecular weight excluding hydrogens is 255 g/mol. The fraction of sp³-hybridized carbons (Fsp3) is 0.714. The number of esters is 1. The predicted octanol–water partition coefficient (Wildman–Crippen LogP) is 2.13. The van der Waals surface area contributed by atoms with Crippen LogP contribution in [0.15, 0.2) is 11.8 Å². The van der Waals surface area contributed by atoms with Crippen LogP contribution >= 0.6 is 0 Å². The van der Waals surface area contributed by atoms with Crippen LogP contribution in [0.3, 0.4) is 0 Å². The molecule has 104 valence electrons. The third-order valence-electron chi connectivity index (χ3n) is 3.28. The molecule has 0 heterocycles. The second-order valence-electron chi connectivity index (χ2n) is 4.73. The summed E-state index contributed by atoms with van der Waals surface area (Å²) in [5.74, 6) is -1.53. The summed E-state index contributed by atoms with van der Waals surface area (Å²) < 4.78 is 4.95. The Labute approximate surface area is 136 Å². The van der Waals surface area contributed by atoms with Crippen molar-refractivity contribution in [2.45, 2.75) is 46.0 Å². The molecule has 0 aromatic rings. The summed E-state index contributed by atoms with van der Waals surface area (Å²) in [6.45, 7) is 4.11. The van der Waals surface area contributed by atoms with Crippen LogP contribution in [0.2, 0.25) is 0 Å². The molecular formula is C14H23NaO4. The molecule has 1 aliphatic rings. The number of unbranched alkanes of at least 4 members (excludes halogenated alkanes) is 2. The summed E-state index contributed by atoms with van der Waals surface area (Å²) in [7, 11) is 0. The Balaban J connectivity index is 0.00000324. The first-order valence-corrected chi connectivity index (χ1v) is 6.70. The number of hydrogen-bond donors (Lipinski definition) is 1. The standard InChI is InChI=1S/C14H22O4.Na.H/c1-3-5-6-7-10-8-11(15)9-12(16)13(10)14(17)18-4-2;;/h9-10,13,15H,3-8H2,1-2H3;;. The van der Waals surface area contributed by atoms with Gasteiger partial charge >= 0.3 is 35.5 Å². The summed E-state index contributed by atoms with van der Waals surface area (Å²) in [6.07, 6.45) is 5.48. The van der Waals surface area contributed by atoms with E-state index >= 15 is 0 Å². The van der Waals surface area contributed by atoms with Gasteiger partial charge in [-0.15, -0.1) is 0 Å². The van der Waals surface area contributed by atoms with Crippen molar-refractivity contribution in [2.24, 2.45) is 11.8 Å². The van der Waals surface area contributed by atoms with Crippen LogP contribution in [0.1, 0.15) is 46.0 Å². The Bertz CT molecular complexity index is 338. The number of aliphatic hydroxyl groups is 1. The van der Waals surface area contributed by atoms with Gasteiger partial charge in [-0.25, -0.2) is 0 Å². The zero-order valence-corrected chi connectivity index (χ0v) is 11.1. The van der Waals surface area contributed by atoms with Gasteiger partial charge < -0.3 is 9.84 Å². The van der Waals surface area contributed by atoms with E-state index in [0.717, 1.165) is 31.8 Å². The van der Waals surface area contributed by atoms with E-state index < -0.39 is 11.9 Å². The first-order chi connectivity index (χ1) is 8.60. The zero-order valence-electron chi connectivity index (χ0n) is 11.1. The minimum absolute atomic E-state index is 0. The summed E-state index contributed by atoms with van der Waals surface area (Å²) in [4.78, 5) is 23.6. The topological polar surface area (TPSA) is 63.6 Å². The Hall–Kier alpha value is -0.320. The molecule has 0 saturated heterocycles. The minimum atomic E-state index is -0.724. The van der Waals surface area contributed by atoms with Crippen LogP contribution < -0.4 is 0 Å². The number of aliphatic hydroxyl groups excluding tert-OH is 1. The number of ether oxygens (including phenoxy) is 1. The third kappa shape index (κ3) is 5.67. The first kappa shape index (κ1) is 18.7. The Morgan fingerprint density at radius 3 is 2.68 bits per heavy atom. The Kier molecular flexibility index (Phi) is 9.40. The van der Waals surface area contributed by atoms with E-state index in [9.17, 15) is 14.7 Å². The molecule has 0 radical (unpaired) electrons. The van der Waals surface area contributed by atoms with Crippen LogP contribution in [0.25, 0.3) is 0 Å². The van der Waals surface area contributed by atoms with Gasteiger partial charge in [0.25, 0.3) is 0 Å². The van der Waals surface area contributed by atoms with Gasteiger partial charge in [-0.1, -0.05) is 26.2 Å². The predicted molar refractivity (Wildman–Crippen MR) is 75.2 cm³/mol. The zero-order chi connectivity index (χ0) is 13.5. The molecule has 1 N–H and O–H groups in total. The molecule has 1 aliphatic carbocycles. The van der Waals surface area contributed by atoms with Gasteiger partial charge in [0.15, 0.2) is 5.78 Å². The number of ketones is 1. The molecule has 19 heavy (non-hydrogen) atoms. The maximum absolute atomic E-state index is 11.8. The monoisotopic (exact) mass is 278 g/mol. The molecule has 0 saturated carbocycles. The molecule has 2 unspecified atom stereocenters. The van der Waals surface area contributed by atoms with Crippen molar-refractivity contribution in [2.75, 3.05) is 6.61 Å². The third-order valence-corrected chi connectivity index (χ3v) is 3.28. The van der Waals surface area contributed by atoms with Gasteiger partial charge in [0.05, 0.1) is 12.4 Å². The molecule has 2 atom stereocenters. The summed E-state index contributed by atoms with van der Waals surface area (Å²) in [6, 6.07) is 0. The van der Waals surface area contributed by atoms with Crippen LogP contribution in [0.5, 0.6) is 0 Å². The number of rotatable bonds is 6. The van der Waals surface area contributed by atoms with Gasteiger partial charge in [0, 0.05) is 12.5 Å². The van der Waals surface area contributed by atoms with Gasteiger partial charge in [-0.2, -0.15) is 0 Å². The molecule has 0 aliphatic heterocycles. The first-order valence-electron chi connectivity index (χ1n) is 6.70. The molecule has 0 bridgehead atoms. The van der Waals surface area contributed by atoms with Crippen LogP contribution in [-0.2, 0) is 14.3 Å². The normalized spacial score (nSPS) is 22.4. The maximum atomic E-state index is 11.8. The number of carbonyl (C=O) groups excluding carboxylic acids is 2. The molecule has 0 aromatic carbocycles. The summed E-state index contributed by atoms with van der Waals surface area (Å²) in [5.41, 5.74) is 0. The number of hydrogen-bond acceptors (Lipinski definition) is 4. The van der Waals surface area contributed by atoms with Crippen LogP contribution in [-0.4, -0.2) is 53.0 Å². The van der Waals surface area contributed by atoms with Gasteiger partial charge in [-0.05, 0) is 19.3 Å². The van der Waals surface area contributed by atoms with E-state index in [4.69, 9.17) is 4.74 Å². The van der Waals surface area contributed by atoms with E-state index in [0.29, 0.717) is 6.42 Å². The molecule has 1 rings (SSSR count).